The fraction of sp³-hybridized carbons (Fsp3) is 0.250. The number of fused-ring (bicyclic) bond motifs is 1. The van der Waals surface area contributed by atoms with Crippen molar-refractivity contribution in [1.82, 2.24) is 18.8 Å². The van der Waals surface area contributed by atoms with Crippen molar-refractivity contribution >= 4 is 50.1 Å². The van der Waals surface area contributed by atoms with E-state index in [-0.39, 0.29) is 6.54 Å². The molecule has 27 heavy (non-hydrogen) atoms. The van der Waals surface area contributed by atoms with Gasteiger partial charge in [0.05, 0.1) is 27.6 Å². The molecule has 3 rings (SSSR count). The van der Waals surface area contributed by atoms with Crippen LogP contribution in [0.1, 0.15) is 0 Å². The number of hydrogen-bond donors (Lipinski definition) is 1. The van der Waals surface area contributed by atoms with E-state index in [4.69, 9.17) is 28.3 Å². The standard InChI is InChI=1S/C16H18Cl2N6O2S/c1-22(7-8-23(2)27(19,25)26)14-9-13(24-6-5-20-10-24)11-3-4-12(17)15(18)16(11)21-14/h3-6,9-10H,7-8H2,1-2H3,(H2,19,25,26). The Morgan fingerprint density at radius 2 is 1.96 bits per heavy atom. The van der Waals surface area contributed by atoms with E-state index in [0.717, 1.165) is 15.4 Å². The number of hydrogen-bond acceptors (Lipinski definition) is 5. The number of anilines is 1. The molecule has 0 unspecified atom stereocenters. The fourth-order valence-corrected chi connectivity index (χ4v) is 3.24. The van der Waals surface area contributed by atoms with Crippen molar-refractivity contribution in [2.24, 2.45) is 5.14 Å². The second kappa shape index (κ2) is 7.61. The van der Waals surface area contributed by atoms with Crippen LogP contribution in [0, 0.1) is 0 Å². The molecule has 0 fully saturated rings. The van der Waals surface area contributed by atoms with Crippen LogP contribution in [0.3, 0.4) is 0 Å². The number of aromatic nitrogens is 3. The molecule has 0 atom stereocenters. The van der Waals surface area contributed by atoms with Gasteiger partial charge in [0, 0.05) is 51.0 Å². The number of pyridine rings is 1. The normalized spacial score (nSPS) is 12.1. The van der Waals surface area contributed by atoms with Crippen LogP contribution in [-0.2, 0) is 10.2 Å². The van der Waals surface area contributed by atoms with Gasteiger partial charge in [-0.1, -0.05) is 23.2 Å². The first-order chi connectivity index (χ1) is 12.7. The van der Waals surface area contributed by atoms with Crippen molar-refractivity contribution in [3.05, 3.63) is 47.0 Å². The minimum absolute atomic E-state index is 0.207. The average molecular weight is 429 g/mol. The van der Waals surface area contributed by atoms with E-state index in [9.17, 15) is 8.42 Å². The van der Waals surface area contributed by atoms with Crippen molar-refractivity contribution in [3.8, 4) is 5.69 Å². The van der Waals surface area contributed by atoms with Crippen LogP contribution in [0.15, 0.2) is 36.9 Å². The van der Waals surface area contributed by atoms with Crippen LogP contribution < -0.4 is 10.0 Å². The maximum Gasteiger partial charge on any atom is 0.276 e. The summed E-state index contributed by atoms with van der Waals surface area (Å²) in [5.41, 5.74) is 1.38. The molecular formula is C16H18Cl2N6O2S. The first kappa shape index (κ1) is 19.8. The SMILES string of the molecule is CN(CCN(C)S(N)(=O)=O)c1cc(-n2ccnc2)c2ccc(Cl)c(Cl)c2n1. The molecule has 11 heteroatoms. The Bertz CT molecular complexity index is 1070. The van der Waals surface area contributed by atoms with E-state index < -0.39 is 10.2 Å². The van der Waals surface area contributed by atoms with Gasteiger partial charge in [-0.15, -0.1) is 0 Å². The third-order valence-corrected chi connectivity index (χ3v) is 6.04. The van der Waals surface area contributed by atoms with Crippen LogP contribution in [0.2, 0.25) is 10.0 Å². The van der Waals surface area contributed by atoms with Gasteiger partial charge in [-0.3, -0.25) is 0 Å². The van der Waals surface area contributed by atoms with Crippen molar-refractivity contribution in [2.75, 3.05) is 32.1 Å². The van der Waals surface area contributed by atoms with Crippen LogP contribution in [-0.4, -0.2) is 54.4 Å². The number of benzene rings is 1. The minimum atomic E-state index is -3.74. The summed E-state index contributed by atoms with van der Waals surface area (Å²) in [6.45, 7) is 0.589. The van der Waals surface area contributed by atoms with Gasteiger partial charge in [0.15, 0.2) is 0 Å². The van der Waals surface area contributed by atoms with Gasteiger partial charge in [-0.05, 0) is 12.1 Å². The molecule has 144 valence electrons. The van der Waals surface area contributed by atoms with E-state index in [2.05, 4.69) is 9.97 Å². The average Bonchev–Trinajstić information content (AvgIpc) is 3.15. The van der Waals surface area contributed by atoms with Crippen LogP contribution >= 0.6 is 23.2 Å². The molecule has 0 aliphatic heterocycles. The monoisotopic (exact) mass is 428 g/mol. The second-order valence-electron chi connectivity index (χ2n) is 6.02. The van der Waals surface area contributed by atoms with E-state index in [1.54, 1.807) is 25.6 Å². The fourth-order valence-electron chi connectivity index (χ4n) is 2.55. The second-order valence-corrected chi connectivity index (χ2v) is 8.45. The first-order valence-corrected chi connectivity index (χ1v) is 10.2. The molecule has 0 spiro atoms. The predicted octanol–water partition coefficient (Wildman–Crippen LogP) is 2.30. The third-order valence-electron chi connectivity index (χ3n) is 4.20. The zero-order chi connectivity index (χ0) is 19.8. The van der Waals surface area contributed by atoms with Crippen LogP contribution in [0.4, 0.5) is 5.82 Å². The van der Waals surface area contributed by atoms with Crippen molar-refractivity contribution in [2.45, 2.75) is 0 Å². The quantitative estimate of drug-likeness (QED) is 0.649. The predicted molar refractivity (Wildman–Crippen MR) is 108 cm³/mol. The zero-order valence-electron chi connectivity index (χ0n) is 14.7. The summed E-state index contributed by atoms with van der Waals surface area (Å²) in [5, 5.41) is 6.70. The molecule has 8 nitrogen and oxygen atoms in total. The van der Waals surface area contributed by atoms with Gasteiger partial charge < -0.3 is 9.47 Å². The Kier molecular flexibility index (Phi) is 5.59. The van der Waals surface area contributed by atoms with Gasteiger partial charge in [0.2, 0.25) is 0 Å². The van der Waals surface area contributed by atoms with Gasteiger partial charge in [-0.25, -0.2) is 15.1 Å². The van der Waals surface area contributed by atoms with E-state index in [0.29, 0.717) is 27.9 Å². The van der Waals surface area contributed by atoms with Crippen molar-refractivity contribution < 1.29 is 8.42 Å². The number of imidazole rings is 1. The number of rotatable bonds is 6. The topological polar surface area (TPSA) is 97.3 Å². The molecular weight excluding hydrogens is 411 g/mol. The number of nitrogens with two attached hydrogens (primary N) is 1. The van der Waals surface area contributed by atoms with Gasteiger partial charge in [0.1, 0.15) is 5.82 Å². The Morgan fingerprint density at radius 1 is 1.22 bits per heavy atom. The highest BCUT2D eigenvalue weighted by Gasteiger charge is 2.16. The van der Waals surface area contributed by atoms with Gasteiger partial charge in [-0.2, -0.15) is 12.7 Å². The highest BCUT2D eigenvalue weighted by atomic mass is 35.5. The maximum absolute atomic E-state index is 11.4. The summed E-state index contributed by atoms with van der Waals surface area (Å²) in [4.78, 5) is 10.5. The lowest BCUT2D eigenvalue weighted by molar-refractivity contribution is 0.475. The van der Waals surface area contributed by atoms with Gasteiger partial charge >= 0.3 is 0 Å². The molecule has 0 aliphatic carbocycles. The molecule has 2 N–H and O–H groups in total. The van der Waals surface area contributed by atoms with Crippen molar-refractivity contribution in [3.63, 3.8) is 0 Å². The summed E-state index contributed by atoms with van der Waals surface area (Å²) >= 11 is 12.5. The highest BCUT2D eigenvalue weighted by Crippen LogP contribution is 2.34. The first-order valence-electron chi connectivity index (χ1n) is 7.91. The Hall–Kier alpha value is -1.91. The molecule has 0 bridgehead atoms. The Balaban J connectivity index is 2.04. The summed E-state index contributed by atoms with van der Waals surface area (Å²) < 4.78 is 25.7. The molecule has 0 amide bonds. The number of nitrogens with zero attached hydrogens (tertiary/aromatic N) is 5. The molecule has 0 aliphatic rings. The third kappa shape index (κ3) is 4.17. The molecule has 3 aromatic rings. The van der Waals surface area contributed by atoms with E-state index in [1.807, 2.05) is 27.8 Å². The summed E-state index contributed by atoms with van der Waals surface area (Å²) in [6, 6.07) is 5.45. The molecule has 2 heterocycles. The Morgan fingerprint density at radius 3 is 2.59 bits per heavy atom. The molecule has 0 radical (unpaired) electrons. The summed E-state index contributed by atoms with van der Waals surface area (Å²) in [5.74, 6) is 0.609. The number of halogens is 2. The lowest BCUT2D eigenvalue weighted by Gasteiger charge is -2.23. The maximum atomic E-state index is 11.4. The zero-order valence-corrected chi connectivity index (χ0v) is 17.0. The molecule has 2 aromatic heterocycles. The summed E-state index contributed by atoms with van der Waals surface area (Å²) in [6.07, 6.45) is 5.17. The summed E-state index contributed by atoms with van der Waals surface area (Å²) in [7, 11) is -0.508. The molecule has 0 saturated heterocycles. The largest absolute Gasteiger partial charge is 0.358 e. The van der Waals surface area contributed by atoms with E-state index >= 15 is 0 Å². The smallest absolute Gasteiger partial charge is 0.276 e. The van der Waals surface area contributed by atoms with Crippen LogP contribution in [0.25, 0.3) is 16.6 Å². The molecule has 1 aromatic carbocycles. The molecule has 0 saturated carbocycles. The van der Waals surface area contributed by atoms with Crippen molar-refractivity contribution in [1.29, 1.82) is 0 Å². The Labute approximate surface area is 167 Å². The minimum Gasteiger partial charge on any atom is -0.358 e. The van der Waals surface area contributed by atoms with E-state index in [1.165, 1.54) is 7.05 Å². The number of likely N-dealkylation sites (N-methyl/N-ethyl adjacent to an activating group) is 2. The highest BCUT2D eigenvalue weighted by molar-refractivity contribution is 7.86. The lowest BCUT2D eigenvalue weighted by Crippen LogP contribution is -2.38. The van der Waals surface area contributed by atoms with Crippen LogP contribution in [0.5, 0.6) is 0 Å². The van der Waals surface area contributed by atoms with Gasteiger partial charge in [0.25, 0.3) is 10.2 Å². The lowest BCUT2D eigenvalue weighted by atomic mass is 10.1.